The summed E-state index contributed by atoms with van der Waals surface area (Å²) in [6, 6.07) is 6.22. The van der Waals surface area contributed by atoms with Crippen LogP contribution in [0.25, 0.3) is 21.6 Å². The first-order chi connectivity index (χ1) is 15.6. The number of carbonyl (C=O) groups excluding carboxylic acids is 1. The molecule has 2 saturated heterocycles. The second kappa shape index (κ2) is 9.29. The molecular formula is C24H32N6OS. The zero-order valence-corrected chi connectivity index (χ0v) is 19.9. The molecule has 3 aromatic rings. The van der Waals surface area contributed by atoms with E-state index in [4.69, 9.17) is 4.98 Å². The minimum Gasteiger partial charge on any atom is -0.336 e. The van der Waals surface area contributed by atoms with Crippen molar-refractivity contribution < 1.29 is 4.79 Å². The van der Waals surface area contributed by atoms with E-state index in [9.17, 15) is 4.79 Å². The predicted molar refractivity (Wildman–Crippen MR) is 129 cm³/mol. The Kier molecular flexibility index (Phi) is 6.26. The van der Waals surface area contributed by atoms with E-state index in [1.807, 2.05) is 27.1 Å². The van der Waals surface area contributed by atoms with Gasteiger partial charge in [0.2, 0.25) is 0 Å². The van der Waals surface area contributed by atoms with Crippen LogP contribution in [-0.2, 0) is 0 Å². The first-order valence-electron chi connectivity index (χ1n) is 11.8. The molecule has 3 aromatic heterocycles. The lowest BCUT2D eigenvalue weighted by atomic mass is 10.1. The van der Waals surface area contributed by atoms with Gasteiger partial charge in [0.1, 0.15) is 0 Å². The summed E-state index contributed by atoms with van der Waals surface area (Å²) in [7, 11) is 0. The highest BCUT2D eigenvalue weighted by atomic mass is 32.1. The molecule has 0 aromatic carbocycles. The van der Waals surface area contributed by atoms with Gasteiger partial charge in [0.25, 0.3) is 5.91 Å². The van der Waals surface area contributed by atoms with Crippen molar-refractivity contribution in [3.8, 4) is 10.6 Å². The van der Waals surface area contributed by atoms with Crippen molar-refractivity contribution in [2.75, 3.05) is 52.4 Å². The number of fused-ring (bicyclic) bond motifs is 1. The summed E-state index contributed by atoms with van der Waals surface area (Å²) >= 11 is 1.65. The number of aromatic nitrogens is 3. The normalized spacial score (nSPS) is 18.3. The smallest absolute Gasteiger partial charge is 0.254 e. The number of likely N-dealkylation sites (tertiary alicyclic amines) is 1. The zero-order valence-electron chi connectivity index (χ0n) is 19.0. The van der Waals surface area contributed by atoms with Crippen LogP contribution >= 0.6 is 11.3 Å². The third-order valence-corrected chi connectivity index (χ3v) is 7.54. The van der Waals surface area contributed by atoms with E-state index in [0.29, 0.717) is 0 Å². The van der Waals surface area contributed by atoms with E-state index >= 15 is 0 Å². The molecule has 2 aliphatic heterocycles. The van der Waals surface area contributed by atoms with Crippen LogP contribution in [0.2, 0.25) is 0 Å². The maximum atomic E-state index is 13.6. The summed E-state index contributed by atoms with van der Waals surface area (Å²) in [5, 5.41) is 7.45. The molecule has 0 spiro atoms. The largest absolute Gasteiger partial charge is 0.336 e. The Bertz CT molecular complexity index is 1060. The van der Waals surface area contributed by atoms with Gasteiger partial charge in [-0.15, -0.1) is 11.3 Å². The lowest BCUT2D eigenvalue weighted by molar-refractivity contribution is 0.0628. The van der Waals surface area contributed by atoms with Crippen LogP contribution in [0.4, 0.5) is 0 Å². The third kappa shape index (κ3) is 4.31. The van der Waals surface area contributed by atoms with E-state index in [2.05, 4.69) is 34.8 Å². The number of pyridine rings is 1. The Morgan fingerprint density at radius 3 is 2.44 bits per heavy atom. The second-order valence-electron chi connectivity index (χ2n) is 9.14. The molecule has 170 valence electrons. The number of amides is 1. The van der Waals surface area contributed by atoms with Gasteiger partial charge in [-0.05, 0) is 57.3 Å². The van der Waals surface area contributed by atoms with Crippen molar-refractivity contribution in [3.63, 3.8) is 0 Å². The van der Waals surface area contributed by atoms with Crippen LogP contribution in [0.1, 0.15) is 43.1 Å². The standard InChI is InChI=1S/C24H32N6OS/c1-18(2)30-23-20(17-25-30)19(16-21(26-23)22-6-5-15-32-22)24(31)29-13-11-28(12-14-29)10-9-27-7-3-4-8-27/h5-6,15-18H,3-4,7-14H2,1-2H3. The van der Waals surface area contributed by atoms with Gasteiger partial charge >= 0.3 is 0 Å². The maximum absolute atomic E-state index is 13.6. The number of hydrogen-bond donors (Lipinski definition) is 0. The fraction of sp³-hybridized carbons (Fsp3) is 0.542. The summed E-state index contributed by atoms with van der Waals surface area (Å²) in [5.41, 5.74) is 2.36. The molecule has 8 heteroatoms. The molecule has 7 nitrogen and oxygen atoms in total. The molecule has 2 aliphatic rings. The van der Waals surface area contributed by atoms with Gasteiger partial charge in [-0.1, -0.05) is 6.07 Å². The number of carbonyl (C=O) groups is 1. The maximum Gasteiger partial charge on any atom is 0.254 e. The van der Waals surface area contributed by atoms with Crippen LogP contribution in [0.5, 0.6) is 0 Å². The number of nitrogens with zero attached hydrogens (tertiary/aromatic N) is 6. The van der Waals surface area contributed by atoms with Gasteiger partial charge in [0, 0.05) is 45.3 Å². The van der Waals surface area contributed by atoms with Crippen molar-refractivity contribution in [2.45, 2.75) is 32.7 Å². The molecule has 0 unspecified atom stereocenters. The Hall–Kier alpha value is -2.29. The highest BCUT2D eigenvalue weighted by Gasteiger charge is 2.26. The Balaban J connectivity index is 1.35. The Morgan fingerprint density at radius 2 is 1.78 bits per heavy atom. The van der Waals surface area contributed by atoms with E-state index < -0.39 is 0 Å². The molecule has 0 saturated carbocycles. The van der Waals surface area contributed by atoms with E-state index in [1.54, 1.807) is 17.5 Å². The van der Waals surface area contributed by atoms with Crippen LogP contribution in [0, 0.1) is 0 Å². The fourth-order valence-electron chi connectivity index (χ4n) is 4.76. The summed E-state index contributed by atoms with van der Waals surface area (Å²) in [6.45, 7) is 12.4. The monoisotopic (exact) mass is 452 g/mol. The topological polar surface area (TPSA) is 57.5 Å². The lowest BCUT2D eigenvalue weighted by Gasteiger charge is -2.35. The fourth-order valence-corrected chi connectivity index (χ4v) is 5.44. The lowest BCUT2D eigenvalue weighted by Crippen LogP contribution is -2.50. The molecule has 0 radical (unpaired) electrons. The first kappa shape index (κ1) is 21.6. The number of hydrogen-bond acceptors (Lipinski definition) is 6. The molecule has 1 amide bonds. The van der Waals surface area contributed by atoms with Crippen molar-refractivity contribution >= 4 is 28.3 Å². The SMILES string of the molecule is CC(C)n1ncc2c(C(=O)N3CCN(CCN4CCCC4)CC3)cc(-c3cccs3)nc21. The summed E-state index contributed by atoms with van der Waals surface area (Å²) in [4.78, 5) is 26.7. The highest BCUT2D eigenvalue weighted by molar-refractivity contribution is 7.13. The number of piperazine rings is 1. The van der Waals surface area contributed by atoms with Crippen molar-refractivity contribution in [1.82, 2.24) is 29.5 Å². The molecule has 0 aliphatic carbocycles. The van der Waals surface area contributed by atoms with Crippen molar-refractivity contribution in [2.24, 2.45) is 0 Å². The van der Waals surface area contributed by atoms with Crippen molar-refractivity contribution in [3.05, 3.63) is 35.3 Å². The molecule has 0 N–H and O–H groups in total. The predicted octanol–water partition coefficient (Wildman–Crippen LogP) is 3.59. The molecule has 0 bridgehead atoms. The minimum absolute atomic E-state index is 0.0951. The average Bonchev–Trinajstić information content (AvgIpc) is 3.58. The zero-order chi connectivity index (χ0) is 22.1. The first-order valence-corrected chi connectivity index (χ1v) is 12.6. The van der Waals surface area contributed by atoms with Gasteiger partial charge in [0.05, 0.1) is 27.7 Å². The molecule has 5 rings (SSSR count). The van der Waals surface area contributed by atoms with Crippen molar-refractivity contribution in [1.29, 1.82) is 0 Å². The molecule has 5 heterocycles. The minimum atomic E-state index is 0.0951. The van der Waals surface area contributed by atoms with Gasteiger partial charge in [0.15, 0.2) is 5.65 Å². The molecule has 32 heavy (non-hydrogen) atoms. The van der Waals surface area contributed by atoms with Gasteiger partial charge in [-0.2, -0.15) is 5.10 Å². The Labute approximate surface area is 193 Å². The quantitative estimate of drug-likeness (QED) is 0.572. The van der Waals surface area contributed by atoms with Gasteiger partial charge in [-0.25, -0.2) is 9.67 Å². The van der Waals surface area contributed by atoms with Gasteiger partial charge < -0.3 is 9.80 Å². The highest BCUT2D eigenvalue weighted by Crippen LogP contribution is 2.29. The van der Waals surface area contributed by atoms with E-state index in [0.717, 1.165) is 66.4 Å². The molecule has 0 atom stereocenters. The van der Waals surface area contributed by atoms with E-state index in [-0.39, 0.29) is 11.9 Å². The number of thiophene rings is 1. The average molecular weight is 453 g/mol. The number of rotatable bonds is 6. The summed E-state index contributed by atoms with van der Waals surface area (Å²) in [5.74, 6) is 0.0951. The second-order valence-corrected chi connectivity index (χ2v) is 10.1. The van der Waals surface area contributed by atoms with Crippen LogP contribution in [0.3, 0.4) is 0 Å². The molecular weight excluding hydrogens is 420 g/mol. The molecule has 2 fully saturated rings. The van der Waals surface area contributed by atoms with Gasteiger partial charge in [-0.3, -0.25) is 9.69 Å². The van der Waals surface area contributed by atoms with Crippen LogP contribution < -0.4 is 0 Å². The summed E-state index contributed by atoms with van der Waals surface area (Å²) in [6.07, 6.45) is 4.48. The van der Waals surface area contributed by atoms with Crippen LogP contribution in [-0.4, -0.2) is 87.7 Å². The van der Waals surface area contributed by atoms with Crippen LogP contribution in [0.15, 0.2) is 29.8 Å². The summed E-state index contributed by atoms with van der Waals surface area (Å²) < 4.78 is 1.92. The van der Waals surface area contributed by atoms with E-state index in [1.165, 1.54) is 25.9 Å². The Morgan fingerprint density at radius 1 is 1.06 bits per heavy atom. The third-order valence-electron chi connectivity index (χ3n) is 6.65.